The number of nitrogen functional groups attached to an aromatic ring is 1. The van der Waals surface area contributed by atoms with E-state index < -0.39 is 0 Å². The van der Waals surface area contributed by atoms with E-state index in [0.717, 1.165) is 51.3 Å². The molecule has 2 N–H and O–H groups in total. The van der Waals surface area contributed by atoms with Crippen LogP contribution in [-0.4, -0.2) is 54.7 Å². The van der Waals surface area contributed by atoms with Crippen molar-refractivity contribution in [3.8, 4) is 0 Å². The van der Waals surface area contributed by atoms with Crippen LogP contribution >= 0.6 is 0 Å². The molecule has 0 radical (unpaired) electrons. The van der Waals surface area contributed by atoms with Gasteiger partial charge in [0, 0.05) is 39.0 Å². The summed E-state index contributed by atoms with van der Waals surface area (Å²) in [6, 6.07) is 1.93. The van der Waals surface area contributed by atoms with Crippen LogP contribution in [0.2, 0.25) is 0 Å². The summed E-state index contributed by atoms with van der Waals surface area (Å²) in [6.45, 7) is 3.91. The highest BCUT2D eigenvalue weighted by molar-refractivity contribution is 5.77. The fourth-order valence-electron chi connectivity index (χ4n) is 3.01. The van der Waals surface area contributed by atoms with Gasteiger partial charge in [0.05, 0.1) is 30.1 Å². The van der Waals surface area contributed by atoms with E-state index in [2.05, 4.69) is 9.88 Å². The Kier molecular flexibility index (Phi) is 4.24. The van der Waals surface area contributed by atoms with E-state index in [1.807, 2.05) is 11.0 Å². The second kappa shape index (κ2) is 6.30. The number of carbonyl (C=O) groups excluding carboxylic acids is 1. The number of piperazine rings is 1. The van der Waals surface area contributed by atoms with Crippen LogP contribution in [-0.2, 0) is 9.53 Å². The zero-order chi connectivity index (χ0) is 14.7. The average Bonchev–Trinajstić information content (AvgIpc) is 3.01. The summed E-state index contributed by atoms with van der Waals surface area (Å²) in [6.07, 6.45) is 6.17. The second-order valence-corrected chi connectivity index (χ2v) is 5.64. The molecule has 0 bridgehead atoms. The summed E-state index contributed by atoms with van der Waals surface area (Å²) in [5.74, 6) is 0.212. The second-order valence-electron chi connectivity index (χ2n) is 5.64. The summed E-state index contributed by atoms with van der Waals surface area (Å²) in [7, 11) is 0. The molecule has 114 valence electrons. The van der Waals surface area contributed by atoms with Gasteiger partial charge in [-0.1, -0.05) is 0 Å². The number of amides is 1. The predicted molar refractivity (Wildman–Crippen MR) is 81.0 cm³/mol. The van der Waals surface area contributed by atoms with Crippen LogP contribution in [0.5, 0.6) is 0 Å². The molecule has 2 aliphatic rings. The van der Waals surface area contributed by atoms with Crippen LogP contribution in [0.15, 0.2) is 18.5 Å². The fourth-order valence-corrected chi connectivity index (χ4v) is 3.01. The summed E-state index contributed by atoms with van der Waals surface area (Å²) in [5, 5.41) is 0. The molecule has 1 unspecified atom stereocenters. The Balaban J connectivity index is 1.52. The number of nitrogens with zero attached hydrogens (tertiary/aromatic N) is 3. The van der Waals surface area contributed by atoms with Gasteiger partial charge >= 0.3 is 0 Å². The van der Waals surface area contributed by atoms with Crippen LogP contribution in [0.1, 0.15) is 19.3 Å². The van der Waals surface area contributed by atoms with Gasteiger partial charge in [0.1, 0.15) is 0 Å². The number of hydrogen-bond donors (Lipinski definition) is 1. The maximum atomic E-state index is 12.3. The van der Waals surface area contributed by atoms with Crippen molar-refractivity contribution in [1.29, 1.82) is 0 Å². The van der Waals surface area contributed by atoms with Gasteiger partial charge in [0.2, 0.25) is 5.91 Å². The molecule has 0 aromatic carbocycles. The molecule has 21 heavy (non-hydrogen) atoms. The van der Waals surface area contributed by atoms with Crippen molar-refractivity contribution in [3.05, 3.63) is 18.5 Å². The van der Waals surface area contributed by atoms with Crippen molar-refractivity contribution >= 4 is 17.3 Å². The molecule has 2 fully saturated rings. The SMILES string of the molecule is Nc1cnccc1N1CCN(C(=O)CC2CCCO2)CC1. The standard InChI is InChI=1S/C15H22N4O2/c16-13-11-17-4-3-14(13)18-5-7-19(8-6-18)15(20)10-12-2-1-9-21-12/h3-4,11-12H,1-2,5-10,16H2. The first-order valence-electron chi connectivity index (χ1n) is 7.58. The van der Waals surface area contributed by atoms with Crippen LogP contribution in [0, 0.1) is 0 Å². The molecule has 1 atom stereocenters. The lowest BCUT2D eigenvalue weighted by Gasteiger charge is -2.36. The van der Waals surface area contributed by atoms with E-state index in [9.17, 15) is 4.79 Å². The Morgan fingerprint density at radius 2 is 2.19 bits per heavy atom. The minimum atomic E-state index is 0.131. The predicted octanol–water partition coefficient (Wildman–Crippen LogP) is 0.881. The Bertz CT molecular complexity index is 494. The maximum Gasteiger partial charge on any atom is 0.225 e. The minimum absolute atomic E-state index is 0.131. The van der Waals surface area contributed by atoms with Gasteiger partial charge in [-0.2, -0.15) is 0 Å². The van der Waals surface area contributed by atoms with Crippen molar-refractivity contribution in [3.63, 3.8) is 0 Å². The molecular formula is C15H22N4O2. The highest BCUT2D eigenvalue weighted by Gasteiger charge is 2.26. The first kappa shape index (κ1) is 14.1. The molecule has 0 saturated carbocycles. The number of hydrogen-bond acceptors (Lipinski definition) is 5. The van der Waals surface area contributed by atoms with E-state index in [0.29, 0.717) is 12.1 Å². The highest BCUT2D eigenvalue weighted by Crippen LogP contribution is 2.23. The minimum Gasteiger partial charge on any atom is -0.396 e. The third-order valence-electron chi connectivity index (χ3n) is 4.23. The van der Waals surface area contributed by atoms with Crippen molar-refractivity contribution in [2.75, 3.05) is 43.4 Å². The number of pyridine rings is 1. The molecule has 3 heterocycles. The van der Waals surface area contributed by atoms with Crippen molar-refractivity contribution in [1.82, 2.24) is 9.88 Å². The normalized spacial score (nSPS) is 22.6. The summed E-state index contributed by atoms with van der Waals surface area (Å²) in [5.41, 5.74) is 7.66. The average molecular weight is 290 g/mol. The molecule has 0 aliphatic carbocycles. The Hall–Kier alpha value is -1.82. The quantitative estimate of drug-likeness (QED) is 0.895. The maximum absolute atomic E-state index is 12.3. The summed E-state index contributed by atoms with van der Waals surface area (Å²) >= 11 is 0. The van der Waals surface area contributed by atoms with E-state index in [4.69, 9.17) is 10.5 Å². The lowest BCUT2D eigenvalue weighted by Crippen LogP contribution is -2.49. The van der Waals surface area contributed by atoms with Crippen LogP contribution < -0.4 is 10.6 Å². The van der Waals surface area contributed by atoms with Gasteiger partial charge in [-0.3, -0.25) is 9.78 Å². The zero-order valence-corrected chi connectivity index (χ0v) is 12.2. The van der Waals surface area contributed by atoms with Crippen molar-refractivity contribution < 1.29 is 9.53 Å². The van der Waals surface area contributed by atoms with Crippen LogP contribution in [0.4, 0.5) is 11.4 Å². The molecule has 2 saturated heterocycles. The molecule has 1 aromatic heterocycles. The van der Waals surface area contributed by atoms with Gasteiger partial charge in [0.25, 0.3) is 0 Å². The van der Waals surface area contributed by atoms with Crippen molar-refractivity contribution in [2.24, 2.45) is 0 Å². The van der Waals surface area contributed by atoms with Gasteiger partial charge in [-0.25, -0.2) is 0 Å². The van der Waals surface area contributed by atoms with Gasteiger partial charge < -0.3 is 20.3 Å². The van der Waals surface area contributed by atoms with Gasteiger partial charge in [-0.15, -0.1) is 0 Å². The number of carbonyl (C=O) groups is 1. The van der Waals surface area contributed by atoms with E-state index >= 15 is 0 Å². The molecule has 6 nitrogen and oxygen atoms in total. The van der Waals surface area contributed by atoms with E-state index in [-0.39, 0.29) is 12.0 Å². The fraction of sp³-hybridized carbons (Fsp3) is 0.600. The van der Waals surface area contributed by atoms with E-state index in [1.54, 1.807) is 12.4 Å². The van der Waals surface area contributed by atoms with Crippen molar-refractivity contribution in [2.45, 2.75) is 25.4 Å². The number of nitrogens with two attached hydrogens (primary N) is 1. The monoisotopic (exact) mass is 290 g/mol. The first-order valence-corrected chi connectivity index (χ1v) is 7.58. The lowest BCUT2D eigenvalue weighted by atomic mass is 10.1. The zero-order valence-electron chi connectivity index (χ0n) is 12.2. The topological polar surface area (TPSA) is 71.7 Å². The number of anilines is 2. The number of ether oxygens (including phenoxy) is 1. The molecular weight excluding hydrogens is 268 g/mol. The molecule has 1 amide bonds. The van der Waals surface area contributed by atoms with Crippen LogP contribution in [0.25, 0.3) is 0 Å². The smallest absolute Gasteiger partial charge is 0.225 e. The highest BCUT2D eigenvalue weighted by atomic mass is 16.5. The summed E-state index contributed by atoms with van der Waals surface area (Å²) in [4.78, 5) is 20.4. The molecule has 2 aliphatic heterocycles. The van der Waals surface area contributed by atoms with Gasteiger partial charge in [0.15, 0.2) is 0 Å². The summed E-state index contributed by atoms with van der Waals surface area (Å²) < 4.78 is 5.54. The molecule has 3 rings (SSSR count). The largest absolute Gasteiger partial charge is 0.396 e. The third-order valence-corrected chi connectivity index (χ3v) is 4.23. The van der Waals surface area contributed by atoms with E-state index in [1.165, 1.54) is 0 Å². The number of aromatic nitrogens is 1. The molecule has 0 spiro atoms. The number of rotatable bonds is 3. The van der Waals surface area contributed by atoms with Gasteiger partial charge in [-0.05, 0) is 18.9 Å². The Morgan fingerprint density at radius 1 is 1.38 bits per heavy atom. The molecule has 1 aromatic rings. The lowest BCUT2D eigenvalue weighted by molar-refractivity contribution is -0.133. The Labute approximate surface area is 124 Å². The third kappa shape index (κ3) is 3.26. The first-order chi connectivity index (χ1) is 10.2. The molecule has 6 heteroatoms. The Morgan fingerprint density at radius 3 is 2.86 bits per heavy atom. The van der Waals surface area contributed by atoms with Crippen LogP contribution in [0.3, 0.4) is 0 Å².